The minimum Gasteiger partial charge on any atom is -0.271 e. The number of hydrogen-bond donors (Lipinski definition) is 2. The van der Waals surface area contributed by atoms with E-state index in [0.717, 1.165) is 29.2 Å². The standard InChI is InChI=1S/C17H22Cl2N2/c18-14-3-1-2-13(16(14)19)17(21-20)15-11-5-9-4-10(7-11)8-12(15)6-9/h1-3,9-12,15,17,21H,4-8,20H2. The second-order valence-electron chi connectivity index (χ2n) is 7.30. The summed E-state index contributed by atoms with van der Waals surface area (Å²) in [7, 11) is 0. The molecule has 0 aliphatic heterocycles. The first kappa shape index (κ1) is 14.3. The molecule has 4 saturated carbocycles. The highest BCUT2D eigenvalue weighted by molar-refractivity contribution is 6.42. The van der Waals surface area contributed by atoms with E-state index in [1.54, 1.807) is 0 Å². The predicted molar refractivity (Wildman–Crippen MR) is 87.1 cm³/mol. The first-order valence-corrected chi connectivity index (χ1v) is 8.83. The minimum atomic E-state index is 0.131. The van der Waals surface area contributed by atoms with E-state index in [4.69, 9.17) is 29.0 Å². The van der Waals surface area contributed by atoms with Gasteiger partial charge in [0.15, 0.2) is 0 Å². The first-order chi connectivity index (χ1) is 10.2. The fraction of sp³-hybridized carbons (Fsp3) is 0.647. The van der Waals surface area contributed by atoms with E-state index < -0.39 is 0 Å². The zero-order chi connectivity index (χ0) is 14.6. The molecule has 114 valence electrons. The smallest absolute Gasteiger partial charge is 0.0640 e. The van der Waals surface area contributed by atoms with E-state index in [1.165, 1.54) is 32.1 Å². The van der Waals surface area contributed by atoms with Crippen molar-refractivity contribution in [2.45, 2.75) is 38.1 Å². The Morgan fingerprint density at radius 2 is 1.62 bits per heavy atom. The predicted octanol–water partition coefficient (Wildman–Crippen LogP) is 4.57. The van der Waals surface area contributed by atoms with Crippen molar-refractivity contribution in [3.63, 3.8) is 0 Å². The molecule has 0 spiro atoms. The molecule has 0 amide bonds. The normalized spacial score (nSPS) is 38.7. The van der Waals surface area contributed by atoms with Gasteiger partial charge in [-0.2, -0.15) is 0 Å². The number of halogens is 2. The number of nitrogens with two attached hydrogens (primary N) is 1. The molecule has 4 fully saturated rings. The molecule has 1 atom stereocenters. The molecule has 3 N–H and O–H groups in total. The van der Waals surface area contributed by atoms with Crippen molar-refractivity contribution in [1.29, 1.82) is 0 Å². The van der Waals surface area contributed by atoms with E-state index in [0.29, 0.717) is 16.0 Å². The SMILES string of the molecule is NNC(c1cccc(Cl)c1Cl)C1C2CC3CC(C2)CC1C3. The highest BCUT2D eigenvalue weighted by Gasteiger charge is 2.50. The molecule has 0 saturated heterocycles. The molecule has 0 radical (unpaired) electrons. The molecular weight excluding hydrogens is 303 g/mol. The van der Waals surface area contributed by atoms with Crippen LogP contribution in [-0.4, -0.2) is 0 Å². The monoisotopic (exact) mass is 324 g/mol. The average Bonchev–Trinajstić information content (AvgIpc) is 2.46. The highest BCUT2D eigenvalue weighted by Crippen LogP contribution is 2.59. The number of hydrazine groups is 1. The van der Waals surface area contributed by atoms with Gasteiger partial charge in [0.2, 0.25) is 0 Å². The topological polar surface area (TPSA) is 38.0 Å². The maximum Gasteiger partial charge on any atom is 0.0640 e. The van der Waals surface area contributed by atoms with Crippen LogP contribution in [0.25, 0.3) is 0 Å². The zero-order valence-corrected chi connectivity index (χ0v) is 13.6. The number of nitrogens with one attached hydrogen (secondary N) is 1. The Balaban J connectivity index is 1.68. The van der Waals surface area contributed by atoms with Gasteiger partial charge in [-0.15, -0.1) is 0 Å². The lowest BCUT2D eigenvalue weighted by molar-refractivity contribution is -0.0525. The van der Waals surface area contributed by atoms with Crippen molar-refractivity contribution in [2.24, 2.45) is 35.4 Å². The Labute approximate surface area is 136 Å². The lowest BCUT2D eigenvalue weighted by atomic mass is 9.50. The summed E-state index contributed by atoms with van der Waals surface area (Å²) in [5.41, 5.74) is 4.14. The Hall–Kier alpha value is -0.280. The van der Waals surface area contributed by atoms with Gasteiger partial charge in [0.25, 0.3) is 0 Å². The average molecular weight is 325 g/mol. The summed E-state index contributed by atoms with van der Waals surface area (Å²) in [6, 6.07) is 6.03. The zero-order valence-electron chi connectivity index (χ0n) is 12.1. The fourth-order valence-electron chi connectivity index (χ4n) is 5.68. The third-order valence-corrected chi connectivity index (χ3v) is 7.01. The van der Waals surface area contributed by atoms with E-state index >= 15 is 0 Å². The van der Waals surface area contributed by atoms with Crippen molar-refractivity contribution in [1.82, 2.24) is 5.43 Å². The van der Waals surface area contributed by atoms with Crippen LogP contribution < -0.4 is 11.3 Å². The van der Waals surface area contributed by atoms with Crippen molar-refractivity contribution < 1.29 is 0 Å². The largest absolute Gasteiger partial charge is 0.271 e. The third kappa shape index (κ3) is 2.31. The molecule has 4 aliphatic rings. The van der Waals surface area contributed by atoms with Gasteiger partial charge >= 0.3 is 0 Å². The summed E-state index contributed by atoms with van der Waals surface area (Å²) < 4.78 is 0. The van der Waals surface area contributed by atoms with Crippen LogP contribution in [0.15, 0.2) is 18.2 Å². The van der Waals surface area contributed by atoms with E-state index in [2.05, 4.69) is 11.5 Å². The van der Waals surface area contributed by atoms with Gasteiger partial charge in [0.05, 0.1) is 16.1 Å². The van der Waals surface area contributed by atoms with E-state index in [9.17, 15) is 0 Å². The Morgan fingerprint density at radius 3 is 2.19 bits per heavy atom. The minimum absolute atomic E-state index is 0.131. The summed E-state index contributed by atoms with van der Waals surface area (Å²) in [5, 5.41) is 1.29. The van der Waals surface area contributed by atoms with Gasteiger partial charge in [-0.05, 0) is 73.3 Å². The number of benzene rings is 1. The van der Waals surface area contributed by atoms with Gasteiger partial charge < -0.3 is 0 Å². The highest BCUT2D eigenvalue weighted by atomic mass is 35.5. The Bertz CT molecular complexity index is 518. The molecule has 1 aromatic rings. The first-order valence-electron chi connectivity index (χ1n) is 8.07. The van der Waals surface area contributed by atoms with Crippen LogP contribution in [0.5, 0.6) is 0 Å². The second-order valence-corrected chi connectivity index (χ2v) is 8.08. The molecule has 5 rings (SSSR count). The second kappa shape index (κ2) is 5.42. The van der Waals surface area contributed by atoms with Gasteiger partial charge in [0, 0.05) is 0 Å². The summed E-state index contributed by atoms with van der Waals surface area (Å²) in [5.74, 6) is 10.1. The Morgan fingerprint density at radius 1 is 1.00 bits per heavy atom. The van der Waals surface area contributed by atoms with Crippen molar-refractivity contribution in [3.05, 3.63) is 33.8 Å². The molecular formula is C17H22Cl2N2. The van der Waals surface area contributed by atoms with Crippen molar-refractivity contribution in [2.75, 3.05) is 0 Å². The quantitative estimate of drug-likeness (QED) is 0.631. The van der Waals surface area contributed by atoms with Crippen LogP contribution in [-0.2, 0) is 0 Å². The molecule has 4 bridgehead atoms. The molecule has 4 aliphatic carbocycles. The van der Waals surface area contributed by atoms with Crippen LogP contribution in [0.4, 0.5) is 0 Å². The summed E-state index contributed by atoms with van der Waals surface area (Å²) >= 11 is 12.7. The van der Waals surface area contributed by atoms with E-state index in [-0.39, 0.29) is 6.04 Å². The van der Waals surface area contributed by atoms with Crippen molar-refractivity contribution in [3.8, 4) is 0 Å². The van der Waals surface area contributed by atoms with Gasteiger partial charge in [-0.25, -0.2) is 0 Å². The third-order valence-electron chi connectivity index (χ3n) is 6.18. The van der Waals surface area contributed by atoms with Crippen LogP contribution in [0.3, 0.4) is 0 Å². The van der Waals surface area contributed by atoms with Gasteiger partial charge in [0.1, 0.15) is 0 Å². The number of rotatable bonds is 3. The molecule has 1 aromatic carbocycles. The van der Waals surface area contributed by atoms with E-state index in [1.807, 2.05) is 12.1 Å². The molecule has 0 heterocycles. The lowest BCUT2D eigenvalue weighted by Gasteiger charge is -2.56. The molecule has 4 heteroatoms. The van der Waals surface area contributed by atoms with Crippen LogP contribution >= 0.6 is 23.2 Å². The van der Waals surface area contributed by atoms with Crippen LogP contribution in [0.1, 0.15) is 43.7 Å². The van der Waals surface area contributed by atoms with Crippen molar-refractivity contribution >= 4 is 23.2 Å². The molecule has 21 heavy (non-hydrogen) atoms. The summed E-state index contributed by atoms with van der Waals surface area (Å²) in [6.45, 7) is 0. The number of hydrogen-bond acceptors (Lipinski definition) is 2. The van der Waals surface area contributed by atoms with Gasteiger partial charge in [-0.3, -0.25) is 11.3 Å². The maximum atomic E-state index is 6.45. The van der Waals surface area contributed by atoms with Crippen LogP contribution in [0.2, 0.25) is 10.0 Å². The van der Waals surface area contributed by atoms with Crippen LogP contribution in [0, 0.1) is 29.6 Å². The Kier molecular flexibility index (Phi) is 3.69. The summed E-state index contributed by atoms with van der Waals surface area (Å²) in [6.07, 6.45) is 7.00. The molecule has 0 aromatic heterocycles. The maximum absolute atomic E-state index is 6.45. The lowest BCUT2D eigenvalue weighted by Crippen LogP contribution is -2.50. The van der Waals surface area contributed by atoms with Gasteiger partial charge in [-0.1, -0.05) is 35.3 Å². The molecule has 2 nitrogen and oxygen atoms in total. The summed E-state index contributed by atoms with van der Waals surface area (Å²) in [4.78, 5) is 0. The molecule has 1 unspecified atom stereocenters. The fourth-order valence-corrected chi connectivity index (χ4v) is 6.11.